The Labute approximate surface area is 135 Å². The number of aromatic amines is 1. The normalized spacial score (nSPS) is 29.0. The number of benzene rings is 1. The molecule has 2 aliphatic heterocycles. The van der Waals surface area contributed by atoms with Crippen molar-refractivity contribution in [1.82, 2.24) is 19.6 Å². The van der Waals surface area contributed by atoms with Gasteiger partial charge in [0.05, 0.1) is 35.0 Å². The predicted molar refractivity (Wildman–Crippen MR) is 85.6 cm³/mol. The Morgan fingerprint density at radius 3 is 3.13 bits per heavy atom. The molecule has 4 rings (SSSR count). The highest BCUT2D eigenvalue weighted by Crippen LogP contribution is 2.24. The first-order chi connectivity index (χ1) is 11.0. The summed E-state index contributed by atoms with van der Waals surface area (Å²) < 4.78 is 33.8. The van der Waals surface area contributed by atoms with Gasteiger partial charge in [0.15, 0.2) is 0 Å². The molecule has 3 heterocycles. The van der Waals surface area contributed by atoms with Crippen LogP contribution in [0.25, 0.3) is 11.0 Å². The van der Waals surface area contributed by atoms with E-state index in [2.05, 4.69) is 19.6 Å². The minimum Gasteiger partial charge on any atom is -0.376 e. The van der Waals surface area contributed by atoms with Crippen molar-refractivity contribution in [3.63, 3.8) is 0 Å². The van der Waals surface area contributed by atoms with Crippen LogP contribution in [0.15, 0.2) is 29.4 Å². The van der Waals surface area contributed by atoms with Crippen molar-refractivity contribution in [3.05, 3.63) is 24.5 Å². The summed E-state index contributed by atoms with van der Waals surface area (Å²) in [6, 6.07) is 5.18. The first-order valence-corrected chi connectivity index (χ1v) is 9.31. The van der Waals surface area contributed by atoms with Gasteiger partial charge in [0, 0.05) is 25.2 Å². The summed E-state index contributed by atoms with van der Waals surface area (Å²) in [6.45, 7) is 4.33. The lowest BCUT2D eigenvalue weighted by atomic mass is 10.2. The molecule has 3 atom stereocenters. The lowest BCUT2D eigenvalue weighted by Gasteiger charge is -2.33. The van der Waals surface area contributed by atoms with Gasteiger partial charge in [0.1, 0.15) is 0 Å². The van der Waals surface area contributed by atoms with Crippen LogP contribution in [0, 0.1) is 0 Å². The van der Waals surface area contributed by atoms with Crippen LogP contribution >= 0.6 is 0 Å². The van der Waals surface area contributed by atoms with Crippen LogP contribution < -0.4 is 4.72 Å². The Hall–Kier alpha value is -1.48. The number of morpholine rings is 1. The number of imidazole rings is 1. The van der Waals surface area contributed by atoms with Gasteiger partial charge in [-0.05, 0) is 31.5 Å². The zero-order valence-corrected chi connectivity index (χ0v) is 13.7. The minimum absolute atomic E-state index is 0.0728. The van der Waals surface area contributed by atoms with E-state index in [0.29, 0.717) is 12.6 Å². The number of nitrogens with one attached hydrogen (secondary N) is 2. The summed E-state index contributed by atoms with van der Waals surface area (Å²) in [5.74, 6) is 0. The first-order valence-electron chi connectivity index (χ1n) is 7.82. The van der Waals surface area contributed by atoms with Crippen molar-refractivity contribution in [3.8, 4) is 0 Å². The van der Waals surface area contributed by atoms with Crippen LogP contribution in [-0.2, 0) is 14.8 Å². The molecular weight excluding hydrogens is 316 g/mol. The third-order valence-electron chi connectivity index (χ3n) is 4.62. The zero-order chi connectivity index (χ0) is 16.0. The van der Waals surface area contributed by atoms with Crippen LogP contribution in [0.3, 0.4) is 0 Å². The molecule has 2 saturated heterocycles. The third-order valence-corrected chi connectivity index (χ3v) is 6.13. The van der Waals surface area contributed by atoms with Gasteiger partial charge in [-0.15, -0.1) is 0 Å². The maximum atomic E-state index is 12.6. The Balaban J connectivity index is 1.51. The molecule has 2 aromatic rings. The largest absolute Gasteiger partial charge is 0.376 e. The number of sulfonamides is 1. The number of ether oxygens (including phenoxy) is 1. The predicted octanol–water partition coefficient (Wildman–Crippen LogP) is 0.703. The van der Waals surface area contributed by atoms with E-state index in [9.17, 15) is 8.42 Å². The monoisotopic (exact) mass is 336 g/mol. The SMILES string of the molecule is C[C@H]1CN2C[C@@H](NS(=O)(=O)c3ccc4nc[nH]c4c3)C[C@H]2CO1. The van der Waals surface area contributed by atoms with Crippen LogP contribution in [-0.4, -0.2) is 61.2 Å². The summed E-state index contributed by atoms with van der Waals surface area (Å²) in [5, 5.41) is 0. The van der Waals surface area contributed by atoms with Crippen LogP contribution in [0.4, 0.5) is 0 Å². The van der Waals surface area contributed by atoms with Gasteiger partial charge in [-0.25, -0.2) is 18.1 Å². The Morgan fingerprint density at radius 2 is 2.26 bits per heavy atom. The highest BCUT2D eigenvalue weighted by atomic mass is 32.2. The van der Waals surface area contributed by atoms with Crippen molar-refractivity contribution in [2.24, 2.45) is 0 Å². The Kier molecular flexibility index (Phi) is 3.64. The number of rotatable bonds is 3. The van der Waals surface area contributed by atoms with Crippen LogP contribution in [0.5, 0.6) is 0 Å². The van der Waals surface area contributed by atoms with Crippen LogP contribution in [0.2, 0.25) is 0 Å². The van der Waals surface area contributed by atoms with E-state index in [1.807, 2.05) is 6.92 Å². The standard InChI is InChI=1S/C15H20N4O3S/c1-10-6-19-7-11(4-12(19)8-22-10)18-23(20,21)13-2-3-14-15(5-13)17-9-16-14/h2-3,5,9-12,18H,4,6-8H2,1H3,(H,16,17)/t10-,11-,12-/m0/s1. The fourth-order valence-electron chi connectivity index (χ4n) is 3.49. The Bertz CT molecular complexity index is 819. The fraction of sp³-hybridized carbons (Fsp3) is 0.533. The van der Waals surface area contributed by atoms with Gasteiger partial charge in [0.25, 0.3) is 0 Å². The summed E-state index contributed by atoms with van der Waals surface area (Å²) >= 11 is 0. The number of hydrogen-bond acceptors (Lipinski definition) is 5. The molecule has 0 unspecified atom stereocenters. The van der Waals surface area contributed by atoms with Crippen LogP contribution in [0.1, 0.15) is 13.3 Å². The van der Waals surface area contributed by atoms with E-state index in [4.69, 9.17) is 4.74 Å². The minimum atomic E-state index is -3.53. The number of hydrogen-bond donors (Lipinski definition) is 2. The van der Waals surface area contributed by atoms with Gasteiger partial charge in [0.2, 0.25) is 10.0 Å². The zero-order valence-electron chi connectivity index (χ0n) is 12.9. The van der Waals surface area contributed by atoms with Gasteiger partial charge in [-0.2, -0.15) is 0 Å². The average molecular weight is 336 g/mol. The summed E-state index contributed by atoms with van der Waals surface area (Å²) in [5.41, 5.74) is 1.48. The molecule has 0 bridgehead atoms. The lowest BCUT2D eigenvalue weighted by molar-refractivity contribution is -0.0390. The topological polar surface area (TPSA) is 87.3 Å². The van der Waals surface area contributed by atoms with Gasteiger partial charge < -0.3 is 9.72 Å². The third kappa shape index (κ3) is 2.87. The van der Waals surface area contributed by atoms with E-state index >= 15 is 0 Å². The fourth-order valence-corrected chi connectivity index (χ4v) is 4.76. The van der Waals surface area contributed by atoms with Crippen molar-refractivity contribution in [1.29, 1.82) is 0 Å². The molecule has 0 aliphatic carbocycles. The maximum Gasteiger partial charge on any atom is 0.240 e. The smallest absolute Gasteiger partial charge is 0.240 e. The molecule has 124 valence electrons. The molecule has 1 aromatic carbocycles. The van der Waals surface area contributed by atoms with E-state index in [0.717, 1.165) is 30.5 Å². The molecule has 7 nitrogen and oxygen atoms in total. The number of H-pyrrole nitrogens is 1. The first kappa shape index (κ1) is 15.1. The number of aromatic nitrogens is 2. The van der Waals surface area contributed by atoms with Crippen molar-refractivity contribution >= 4 is 21.1 Å². The maximum absolute atomic E-state index is 12.6. The van der Waals surface area contributed by atoms with Crippen molar-refractivity contribution in [2.75, 3.05) is 19.7 Å². The molecule has 0 radical (unpaired) electrons. The van der Waals surface area contributed by atoms with Gasteiger partial charge >= 0.3 is 0 Å². The van der Waals surface area contributed by atoms with Crippen molar-refractivity contribution in [2.45, 2.75) is 36.4 Å². The molecule has 23 heavy (non-hydrogen) atoms. The highest BCUT2D eigenvalue weighted by Gasteiger charge is 2.37. The number of nitrogens with zero attached hydrogens (tertiary/aromatic N) is 2. The molecule has 2 aliphatic rings. The van der Waals surface area contributed by atoms with E-state index in [1.165, 1.54) is 0 Å². The summed E-state index contributed by atoms with van der Waals surface area (Å²) in [7, 11) is -3.53. The second kappa shape index (κ2) is 5.55. The van der Waals surface area contributed by atoms with E-state index in [-0.39, 0.29) is 17.0 Å². The molecule has 8 heteroatoms. The molecule has 2 fully saturated rings. The second-order valence-electron chi connectivity index (χ2n) is 6.39. The molecule has 1 aromatic heterocycles. The molecular formula is C15H20N4O3S. The lowest BCUT2D eigenvalue weighted by Crippen LogP contribution is -2.45. The Morgan fingerprint density at radius 1 is 1.39 bits per heavy atom. The summed E-state index contributed by atoms with van der Waals surface area (Å²) in [6.07, 6.45) is 2.56. The molecule has 2 N–H and O–H groups in total. The van der Waals surface area contributed by atoms with E-state index in [1.54, 1.807) is 24.5 Å². The van der Waals surface area contributed by atoms with Gasteiger partial charge in [-0.3, -0.25) is 4.90 Å². The highest BCUT2D eigenvalue weighted by molar-refractivity contribution is 7.89. The molecule has 0 amide bonds. The molecule has 0 saturated carbocycles. The summed E-state index contributed by atoms with van der Waals surface area (Å²) in [4.78, 5) is 9.64. The number of fused-ring (bicyclic) bond motifs is 2. The van der Waals surface area contributed by atoms with Gasteiger partial charge in [-0.1, -0.05) is 0 Å². The van der Waals surface area contributed by atoms with E-state index < -0.39 is 10.0 Å². The molecule has 0 spiro atoms. The van der Waals surface area contributed by atoms with Crippen molar-refractivity contribution < 1.29 is 13.2 Å². The quantitative estimate of drug-likeness (QED) is 0.862. The average Bonchev–Trinajstić information content (AvgIpc) is 3.11. The second-order valence-corrected chi connectivity index (χ2v) is 8.10.